The third-order valence-corrected chi connectivity index (χ3v) is 2.61. The number of nitro groups is 1. The van der Waals surface area contributed by atoms with Crippen molar-refractivity contribution in [1.29, 1.82) is 0 Å². The zero-order chi connectivity index (χ0) is 18.8. The third kappa shape index (κ3) is 5.97. The Bertz CT molecular complexity index is 663. The molecule has 11 nitrogen and oxygen atoms in total. The first-order valence-corrected chi connectivity index (χ1v) is 7.34. The first-order valence-electron chi connectivity index (χ1n) is 7.34. The Balaban J connectivity index is 3.30. The van der Waals surface area contributed by atoms with Crippen molar-refractivity contribution in [3.05, 3.63) is 28.8 Å². The van der Waals surface area contributed by atoms with Gasteiger partial charge in [-0.25, -0.2) is 14.6 Å². The summed E-state index contributed by atoms with van der Waals surface area (Å²) in [4.78, 5) is 37.7. The molecule has 0 aliphatic rings. The molecule has 2 amide bonds. The van der Waals surface area contributed by atoms with Crippen LogP contribution in [0.25, 0.3) is 0 Å². The number of hydrogen-bond acceptors (Lipinski definition) is 8. The molecule has 0 saturated carbocycles. The van der Waals surface area contributed by atoms with E-state index in [1.807, 2.05) is 0 Å². The number of carbonyl (C=O) groups excluding carboxylic acids is 2. The van der Waals surface area contributed by atoms with Gasteiger partial charge in [-0.05, 0) is 13.8 Å². The summed E-state index contributed by atoms with van der Waals surface area (Å²) in [5.41, 5.74) is -0.456. The van der Waals surface area contributed by atoms with Crippen molar-refractivity contribution in [3.8, 4) is 0 Å². The molecular formula is C14H19N5O6. The second-order valence-electron chi connectivity index (χ2n) is 4.37. The molecule has 1 heterocycles. The van der Waals surface area contributed by atoms with Gasteiger partial charge in [0.25, 0.3) is 0 Å². The number of nitrogens with zero attached hydrogens (tertiary/aromatic N) is 2. The van der Waals surface area contributed by atoms with Crippen LogP contribution in [-0.4, -0.2) is 41.9 Å². The molecule has 0 radical (unpaired) electrons. The van der Waals surface area contributed by atoms with E-state index in [9.17, 15) is 19.7 Å². The van der Waals surface area contributed by atoms with Crippen LogP contribution in [0.3, 0.4) is 0 Å². The quantitative estimate of drug-likeness (QED) is 0.367. The van der Waals surface area contributed by atoms with Crippen LogP contribution in [0.2, 0.25) is 0 Å². The highest BCUT2D eigenvalue weighted by Gasteiger charge is 2.25. The van der Waals surface area contributed by atoms with Crippen LogP contribution in [0.1, 0.15) is 13.8 Å². The molecule has 1 aromatic heterocycles. The predicted octanol–water partition coefficient (Wildman–Crippen LogP) is 2.72. The van der Waals surface area contributed by atoms with Gasteiger partial charge in [0, 0.05) is 12.6 Å². The number of amides is 2. The Hall–Kier alpha value is -3.37. The summed E-state index contributed by atoms with van der Waals surface area (Å²) in [6.07, 6.45) is -0.220. The fourth-order valence-corrected chi connectivity index (χ4v) is 1.73. The maximum absolute atomic E-state index is 11.6. The minimum Gasteiger partial charge on any atom is -0.450 e. The minimum absolute atomic E-state index is 0.0264. The fourth-order valence-electron chi connectivity index (χ4n) is 1.73. The Labute approximate surface area is 143 Å². The Morgan fingerprint density at radius 3 is 2.40 bits per heavy atom. The van der Waals surface area contributed by atoms with E-state index in [1.54, 1.807) is 13.8 Å². The van der Waals surface area contributed by atoms with E-state index in [4.69, 9.17) is 9.47 Å². The molecule has 25 heavy (non-hydrogen) atoms. The standard InChI is InChI=1S/C14H19N5O6/c1-4-7-15-9-8-10(17-13(20)24-5-2)16-12(11(9)19(22)23)18-14(21)25-6-3/h4,8H,1,5-7H2,2-3H3,(H3,15,16,17,18,20,21). The molecule has 0 fully saturated rings. The number of aromatic nitrogens is 1. The van der Waals surface area contributed by atoms with E-state index in [0.29, 0.717) is 0 Å². The topological polar surface area (TPSA) is 145 Å². The molecule has 0 aliphatic carbocycles. The zero-order valence-electron chi connectivity index (χ0n) is 13.8. The molecule has 0 aliphatic heterocycles. The monoisotopic (exact) mass is 353 g/mol. The summed E-state index contributed by atoms with van der Waals surface area (Å²) < 4.78 is 9.43. The smallest absolute Gasteiger partial charge is 0.412 e. The zero-order valence-corrected chi connectivity index (χ0v) is 13.8. The van der Waals surface area contributed by atoms with Gasteiger partial charge in [0.1, 0.15) is 11.5 Å². The average molecular weight is 353 g/mol. The first kappa shape index (κ1) is 19.7. The molecule has 0 aromatic carbocycles. The highest BCUT2D eigenvalue weighted by Crippen LogP contribution is 2.34. The molecule has 1 aromatic rings. The van der Waals surface area contributed by atoms with Crippen LogP contribution in [0.4, 0.5) is 32.6 Å². The highest BCUT2D eigenvalue weighted by molar-refractivity contribution is 5.92. The molecule has 0 spiro atoms. The van der Waals surface area contributed by atoms with Crippen molar-refractivity contribution in [2.45, 2.75) is 13.8 Å². The van der Waals surface area contributed by atoms with Crippen molar-refractivity contribution < 1.29 is 24.0 Å². The molecule has 3 N–H and O–H groups in total. The molecule has 0 unspecified atom stereocenters. The van der Waals surface area contributed by atoms with Crippen LogP contribution in [0.15, 0.2) is 18.7 Å². The van der Waals surface area contributed by atoms with Gasteiger partial charge >= 0.3 is 17.9 Å². The van der Waals surface area contributed by atoms with Gasteiger partial charge in [0.2, 0.25) is 5.82 Å². The van der Waals surface area contributed by atoms with Gasteiger partial charge in [-0.15, -0.1) is 6.58 Å². The van der Waals surface area contributed by atoms with Gasteiger partial charge in [0.15, 0.2) is 0 Å². The Kier molecular flexibility index (Phi) is 7.63. The van der Waals surface area contributed by atoms with Crippen molar-refractivity contribution in [2.75, 3.05) is 35.7 Å². The van der Waals surface area contributed by atoms with Crippen LogP contribution in [0.5, 0.6) is 0 Å². The van der Waals surface area contributed by atoms with Gasteiger partial charge in [-0.3, -0.25) is 20.7 Å². The number of anilines is 3. The van der Waals surface area contributed by atoms with Crippen LogP contribution in [-0.2, 0) is 9.47 Å². The molecule has 0 atom stereocenters. The first-order chi connectivity index (χ1) is 11.9. The summed E-state index contributed by atoms with van der Waals surface area (Å²) >= 11 is 0. The number of ether oxygens (including phenoxy) is 2. The number of pyridine rings is 1. The van der Waals surface area contributed by atoms with Crippen molar-refractivity contribution in [3.63, 3.8) is 0 Å². The van der Waals surface area contributed by atoms with Gasteiger partial charge in [-0.2, -0.15) is 0 Å². The molecule has 0 saturated heterocycles. The van der Waals surface area contributed by atoms with Gasteiger partial charge < -0.3 is 14.8 Å². The van der Waals surface area contributed by atoms with Crippen molar-refractivity contribution in [2.24, 2.45) is 0 Å². The predicted molar refractivity (Wildman–Crippen MR) is 90.9 cm³/mol. The summed E-state index contributed by atoms with van der Waals surface area (Å²) in [5.74, 6) is -0.438. The van der Waals surface area contributed by atoms with Gasteiger partial charge in [-0.1, -0.05) is 6.08 Å². The SMILES string of the molecule is C=CCNc1cc(NC(=O)OCC)nc(NC(=O)OCC)c1[N+](=O)[O-]. The fraction of sp³-hybridized carbons (Fsp3) is 0.357. The van der Waals surface area contributed by atoms with E-state index in [0.717, 1.165) is 0 Å². The lowest BCUT2D eigenvalue weighted by Gasteiger charge is -2.12. The molecule has 136 valence electrons. The number of hydrogen-bond donors (Lipinski definition) is 3. The van der Waals surface area contributed by atoms with E-state index >= 15 is 0 Å². The van der Waals surface area contributed by atoms with Crippen LogP contribution in [0, 0.1) is 10.1 Å². The summed E-state index contributed by atoms with van der Waals surface area (Å²) in [6, 6.07) is 1.24. The minimum atomic E-state index is -0.916. The van der Waals surface area contributed by atoms with Crippen LogP contribution < -0.4 is 16.0 Å². The van der Waals surface area contributed by atoms with Crippen molar-refractivity contribution >= 4 is 35.2 Å². The Morgan fingerprint density at radius 1 is 1.28 bits per heavy atom. The summed E-state index contributed by atoms with van der Waals surface area (Å²) in [6.45, 7) is 7.13. The molecular weight excluding hydrogens is 334 g/mol. The van der Waals surface area contributed by atoms with Crippen LogP contribution >= 0.6 is 0 Å². The maximum Gasteiger partial charge on any atom is 0.412 e. The third-order valence-electron chi connectivity index (χ3n) is 2.61. The normalized spacial score (nSPS) is 9.68. The van der Waals surface area contributed by atoms with E-state index in [2.05, 4.69) is 27.5 Å². The number of rotatable bonds is 8. The number of carbonyl (C=O) groups is 2. The van der Waals surface area contributed by atoms with Crippen molar-refractivity contribution in [1.82, 2.24) is 4.98 Å². The maximum atomic E-state index is 11.6. The number of nitrogens with one attached hydrogen (secondary N) is 3. The largest absolute Gasteiger partial charge is 0.450 e. The molecule has 0 bridgehead atoms. The van der Waals surface area contributed by atoms with E-state index in [1.165, 1.54) is 12.1 Å². The molecule has 11 heteroatoms. The lowest BCUT2D eigenvalue weighted by molar-refractivity contribution is -0.383. The lowest BCUT2D eigenvalue weighted by atomic mass is 10.3. The average Bonchev–Trinajstić information content (AvgIpc) is 2.52. The van der Waals surface area contributed by atoms with Gasteiger partial charge in [0.05, 0.1) is 18.1 Å². The second-order valence-corrected chi connectivity index (χ2v) is 4.37. The highest BCUT2D eigenvalue weighted by atomic mass is 16.6. The Morgan fingerprint density at radius 2 is 1.88 bits per heavy atom. The second kappa shape index (κ2) is 9.70. The summed E-state index contributed by atoms with van der Waals surface area (Å²) in [7, 11) is 0. The van der Waals surface area contributed by atoms with E-state index in [-0.39, 0.29) is 37.1 Å². The van der Waals surface area contributed by atoms with E-state index < -0.39 is 22.8 Å². The molecule has 1 rings (SSSR count). The summed E-state index contributed by atoms with van der Waals surface area (Å²) in [5, 5.41) is 18.6. The lowest BCUT2D eigenvalue weighted by Crippen LogP contribution is -2.19.